The summed E-state index contributed by atoms with van der Waals surface area (Å²) in [6.45, 7) is 1.09. The number of carbonyl (C=O) groups excluding carboxylic acids is 2. The van der Waals surface area contributed by atoms with Gasteiger partial charge < -0.3 is 29.0 Å². The van der Waals surface area contributed by atoms with Gasteiger partial charge in [0.1, 0.15) is 6.10 Å². The van der Waals surface area contributed by atoms with E-state index in [1.165, 1.54) is 25.1 Å². The Morgan fingerprint density at radius 3 is 2.38 bits per heavy atom. The van der Waals surface area contributed by atoms with E-state index in [0.29, 0.717) is 49.9 Å². The van der Waals surface area contributed by atoms with Crippen LogP contribution >= 0.6 is 0 Å². The molecule has 212 valence electrons. The number of esters is 1. The molecular weight excluding hydrogens is 512 g/mol. The topological polar surface area (TPSA) is 92.3 Å². The molecular formula is C29H35F2NO7. The number of alkyl halides is 2. The van der Waals surface area contributed by atoms with E-state index in [-0.39, 0.29) is 47.0 Å². The van der Waals surface area contributed by atoms with Gasteiger partial charge in [0.15, 0.2) is 23.0 Å². The molecule has 0 aromatic heterocycles. The van der Waals surface area contributed by atoms with Gasteiger partial charge in [0.2, 0.25) is 0 Å². The quantitative estimate of drug-likeness (QED) is 0.352. The fourth-order valence-electron chi connectivity index (χ4n) is 4.91. The van der Waals surface area contributed by atoms with Crippen molar-refractivity contribution >= 4 is 11.9 Å². The number of ether oxygens (including phenoxy) is 5. The summed E-state index contributed by atoms with van der Waals surface area (Å²) in [6, 6.07) is 9.56. The molecule has 2 aliphatic carbocycles. The van der Waals surface area contributed by atoms with Crippen molar-refractivity contribution in [1.82, 2.24) is 5.32 Å². The maximum atomic E-state index is 13.4. The van der Waals surface area contributed by atoms with Crippen molar-refractivity contribution < 1.29 is 42.1 Å². The van der Waals surface area contributed by atoms with Crippen molar-refractivity contribution in [3.63, 3.8) is 0 Å². The summed E-state index contributed by atoms with van der Waals surface area (Å²) in [5.74, 6) is 0.684. The van der Waals surface area contributed by atoms with Gasteiger partial charge in [0.05, 0.1) is 20.3 Å². The van der Waals surface area contributed by atoms with Crippen LogP contribution in [0, 0.1) is 5.92 Å². The molecule has 10 heteroatoms. The van der Waals surface area contributed by atoms with Crippen molar-refractivity contribution in [1.29, 1.82) is 0 Å². The minimum atomic E-state index is -3.01. The predicted octanol–water partition coefficient (Wildman–Crippen LogP) is 5.48. The molecule has 1 amide bonds. The van der Waals surface area contributed by atoms with Gasteiger partial charge in [-0.25, -0.2) is 0 Å². The molecule has 4 rings (SSSR count). The fourth-order valence-corrected chi connectivity index (χ4v) is 4.91. The Labute approximate surface area is 226 Å². The fraction of sp³-hybridized carbons (Fsp3) is 0.517. The number of rotatable bonds is 12. The van der Waals surface area contributed by atoms with Crippen molar-refractivity contribution in [3.8, 4) is 23.0 Å². The van der Waals surface area contributed by atoms with Crippen LogP contribution in [-0.4, -0.2) is 51.0 Å². The van der Waals surface area contributed by atoms with E-state index in [4.69, 9.17) is 18.9 Å². The molecule has 0 bridgehead atoms. The third kappa shape index (κ3) is 7.74. The van der Waals surface area contributed by atoms with Gasteiger partial charge in [0, 0.05) is 24.4 Å². The Kier molecular flexibility index (Phi) is 9.48. The molecule has 0 spiro atoms. The summed E-state index contributed by atoms with van der Waals surface area (Å²) in [4.78, 5) is 25.0. The second-order valence-electron chi connectivity index (χ2n) is 9.87. The van der Waals surface area contributed by atoms with E-state index in [9.17, 15) is 18.4 Å². The molecule has 0 radical (unpaired) electrons. The minimum absolute atomic E-state index is 0.108. The van der Waals surface area contributed by atoms with E-state index in [1.54, 1.807) is 7.11 Å². The van der Waals surface area contributed by atoms with Gasteiger partial charge in [-0.05, 0) is 80.8 Å². The normalized spacial score (nSPS) is 20.7. The summed E-state index contributed by atoms with van der Waals surface area (Å²) in [7, 11) is 1.57. The van der Waals surface area contributed by atoms with Crippen LogP contribution in [0.3, 0.4) is 0 Å². The zero-order chi connectivity index (χ0) is 27.9. The molecule has 2 aliphatic rings. The number of benzene rings is 2. The third-order valence-corrected chi connectivity index (χ3v) is 6.96. The molecule has 1 N–H and O–H groups in total. The second-order valence-corrected chi connectivity index (χ2v) is 9.87. The molecule has 8 nitrogen and oxygen atoms in total. The summed E-state index contributed by atoms with van der Waals surface area (Å²) >= 11 is 0. The van der Waals surface area contributed by atoms with Gasteiger partial charge >= 0.3 is 12.6 Å². The lowest BCUT2D eigenvalue weighted by Crippen LogP contribution is -2.44. The molecule has 2 fully saturated rings. The number of halogens is 2. The van der Waals surface area contributed by atoms with Crippen LogP contribution in [0.5, 0.6) is 23.0 Å². The summed E-state index contributed by atoms with van der Waals surface area (Å²) < 4.78 is 52.8. The van der Waals surface area contributed by atoms with Crippen molar-refractivity contribution in [2.45, 2.75) is 70.6 Å². The van der Waals surface area contributed by atoms with Crippen LogP contribution < -0.4 is 24.3 Å². The van der Waals surface area contributed by atoms with Crippen LogP contribution in [0.2, 0.25) is 0 Å². The first-order valence-electron chi connectivity index (χ1n) is 13.3. The Morgan fingerprint density at radius 1 is 0.974 bits per heavy atom. The lowest BCUT2D eigenvalue weighted by atomic mass is 9.78. The lowest BCUT2D eigenvalue weighted by molar-refractivity contribution is -0.148. The average Bonchev–Trinajstić information content (AvgIpc) is 3.73. The smallest absolute Gasteiger partial charge is 0.387 e. The highest BCUT2D eigenvalue weighted by Crippen LogP contribution is 2.39. The molecule has 0 heterocycles. The third-order valence-electron chi connectivity index (χ3n) is 6.96. The van der Waals surface area contributed by atoms with Crippen molar-refractivity contribution in [3.05, 3.63) is 47.5 Å². The molecule has 3 unspecified atom stereocenters. The Bertz CT molecular complexity index is 1150. The molecule has 2 aromatic carbocycles. The molecule has 2 aromatic rings. The predicted molar refractivity (Wildman–Crippen MR) is 139 cm³/mol. The monoisotopic (exact) mass is 547 g/mol. The lowest BCUT2D eigenvalue weighted by Gasteiger charge is -2.36. The van der Waals surface area contributed by atoms with Crippen LogP contribution in [0.15, 0.2) is 36.4 Å². The van der Waals surface area contributed by atoms with Crippen LogP contribution in [0.25, 0.3) is 0 Å². The largest absolute Gasteiger partial charge is 0.493 e. The Morgan fingerprint density at radius 2 is 1.72 bits per heavy atom. The number of carbonyl (C=O) groups is 2. The number of hydrogen-bond acceptors (Lipinski definition) is 7. The first-order valence-corrected chi connectivity index (χ1v) is 13.3. The van der Waals surface area contributed by atoms with E-state index in [2.05, 4.69) is 10.1 Å². The van der Waals surface area contributed by atoms with Crippen molar-refractivity contribution in [2.75, 3.05) is 20.3 Å². The number of hydrogen-bond donors (Lipinski definition) is 1. The maximum Gasteiger partial charge on any atom is 0.387 e. The summed E-state index contributed by atoms with van der Waals surface area (Å²) in [6.07, 6.45) is 3.44. The highest BCUT2D eigenvalue weighted by Gasteiger charge is 2.35. The van der Waals surface area contributed by atoms with Gasteiger partial charge in [-0.15, -0.1) is 0 Å². The minimum Gasteiger partial charge on any atom is -0.493 e. The van der Waals surface area contributed by atoms with Crippen LogP contribution in [0.1, 0.15) is 67.8 Å². The molecule has 39 heavy (non-hydrogen) atoms. The van der Waals surface area contributed by atoms with Crippen LogP contribution in [0.4, 0.5) is 8.78 Å². The maximum absolute atomic E-state index is 13.4. The van der Waals surface area contributed by atoms with Gasteiger partial charge in [-0.1, -0.05) is 6.07 Å². The standard InChI is InChI=1S/C29H35F2NO7/c1-4-36-26-13-19(7-11-24(26)35-3)22-15-21(38-17(2)33)9-10-23(22)32-28(34)20-8-12-25(39-29(30)31)27(14-20)37-16-18-5-6-18/h7-8,11-14,18,21-23,29H,4-6,9-10,15-16H2,1-3H3,(H,32,34). The van der Waals surface area contributed by atoms with E-state index < -0.39 is 6.61 Å². The molecule has 3 atom stereocenters. The highest BCUT2D eigenvalue weighted by atomic mass is 19.3. The highest BCUT2D eigenvalue weighted by molar-refractivity contribution is 5.95. The second kappa shape index (κ2) is 13.0. The van der Waals surface area contributed by atoms with Gasteiger partial charge in [-0.2, -0.15) is 8.78 Å². The summed E-state index contributed by atoms with van der Waals surface area (Å²) in [5.41, 5.74) is 1.18. The zero-order valence-corrected chi connectivity index (χ0v) is 22.4. The van der Waals surface area contributed by atoms with E-state index >= 15 is 0 Å². The van der Waals surface area contributed by atoms with Crippen LogP contribution in [-0.2, 0) is 9.53 Å². The number of amides is 1. The van der Waals surface area contributed by atoms with Gasteiger partial charge in [-0.3, -0.25) is 9.59 Å². The number of nitrogens with one attached hydrogen (secondary N) is 1. The first-order chi connectivity index (χ1) is 18.8. The molecule has 2 saturated carbocycles. The first kappa shape index (κ1) is 28.4. The van der Waals surface area contributed by atoms with Crippen molar-refractivity contribution in [2.24, 2.45) is 5.92 Å². The average molecular weight is 548 g/mol. The Balaban J connectivity index is 1.56. The summed E-state index contributed by atoms with van der Waals surface area (Å²) in [5, 5.41) is 3.11. The van der Waals surface area contributed by atoms with E-state index in [1.807, 2.05) is 25.1 Å². The van der Waals surface area contributed by atoms with E-state index in [0.717, 1.165) is 18.4 Å². The van der Waals surface area contributed by atoms with Gasteiger partial charge in [0.25, 0.3) is 5.91 Å². The SMILES string of the molecule is CCOc1cc(C2CC(OC(C)=O)CCC2NC(=O)c2ccc(OC(F)F)c(OCC3CC3)c2)ccc1OC. The Hall–Kier alpha value is -3.56. The number of methoxy groups -OCH3 is 1. The molecule has 0 saturated heterocycles. The zero-order valence-electron chi connectivity index (χ0n) is 22.4. The molecule has 0 aliphatic heterocycles.